The number of carbonyl (C=O) groups excluding carboxylic acids is 2. The number of benzene rings is 2. The summed E-state index contributed by atoms with van der Waals surface area (Å²) < 4.78 is 26.4. The smallest absolute Gasteiger partial charge is 0.319 e. The van der Waals surface area contributed by atoms with E-state index in [1.807, 2.05) is 0 Å². The zero-order valence-corrected chi connectivity index (χ0v) is 19.6. The number of rotatable bonds is 8. The van der Waals surface area contributed by atoms with Crippen LogP contribution in [0.2, 0.25) is 5.02 Å². The van der Waals surface area contributed by atoms with Crippen molar-refractivity contribution in [1.29, 1.82) is 0 Å². The predicted octanol–water partition coefficient (Wildman–Crippen LogP) is 3.55. The molecule has 2 N–H and O–H groups in total. The van der Waals surface area contributed by atoms with Gasteiger partial charge in [-0.25, -0.2) is 13.2 Å². The van der Waals surface area contributed by atoms with E-state index in [1.54, 1.807) is 55.1 Å². The molecule has 0 spiro atoms. The highest BCUT2D eigenvalue weighted by molar-refractivity contribution is 7.89. The summed E-state index contributed by atoms with van der Waals surface area (Å²) in [6.07, 6.45) is 0.348. The van der Waals surface area contributed by atoms with Gasteiger partial charge in [0.25, 0.3) is 0 Å². The average molecular weight is 479 g/mol. The van der Waals surface area contributed by atoms with Crippen molar-refractivity contribution in [3.05, 3.63) is 53.6 Å². The summed E-state index contributed by atoms with van der Waals surface area (Å²) in [6, 6.07) is 12.7. The SMILES string of the molecule is CCN(CC)S(=O)(=O)c1ccc(NC(=O)NCC2CC(=O)N(c3ccc(Cl)cc3)C2)cc1. The summed E-state index contributed by atoms with van der Waals surface area (Å²) in [5.41, 5.74) is 1.26. The van der Waals surface area contributed by atoms with E-state index in [0.29, 0.717) is 43.3 Å². The molecule has 3 rings (SSSR count). The number of hydrogen-bond donors (Lipinski definition) is 2. The van der Waals surface area contributed by atoms with Gasteiger partial charge in [0.15, 0.2) is 0 Å². The number of amides is 3. The Morgan fingerprint density at radius 2 is 1.72 bits per heavy atom. The van der Waals surface area contributed by atoms with Crippen LogP contribution in [0.15, 0.2) is 53.4 Å². The minimum atomic E-state index is -3.54. The first kappa shape index (κ1) is 24.0. The maximum Gasteiger partial charge on any atom is 0.319 e. The fraction of sp³-hybridized carbons (Fsp3) is 0.364. The second-order valence-electron chi connectivity index (χ2n) is 7.50. The zero-order chi connectivity index (χ0) is 23.3. The fourth-order valence-electron chi connectivity index (χ4n) is 3.62. The van der Waals surface area contributed by atoms with Crippen LogP contribution >= 0.6 is 11.6 Å². The van der Waals surface area contributed by atoms with Crippen molar-refractivity contribution in [2.45, 2.75) is 25.2 Å². The molecule has 172 valence electrons. The number of halogens is 1. The van der Waals surface area contributed by atoms with Gasteiger partial charge in [0.2, 0.25) is 15.9 Å². The molecule has 1 heterocycles. The molecular weight excluding hydrogens is 452 g/mol. The van der Waals surface area contributed by atoms with Gasteiger partial charge in [-0.15, -0.1) is 0 Å². The van der Waals surface area contributed by atoms with Gasteiger partial charge < -0.3 is 15.5 Å². The standard InChI is InChI=1S/C22H27ClN4O4S/c1-3-26(4-2)32(30,31)20-11-7-18(8-12-20)25-22(29)24-14-16-13-21(28)27(15-16)19-9-5-17(23)6-10-19/h5-12,16H,3-4,13-15H2,1-2H3,(H2,24,25,29). The van der Waals surface area contributed by atoms with Crippen LogP contribution in [0.3, 0.4) is 0 Å². The third-order valence-electron chi connectivity index (χ3n) is 5.35. The van der Waals surface area contributed by atoms with E-state index >= 15 is 0 Å². The number of sulfonamides is 1. The molecule has 0 radical (unpaired) electrons. The lowest BCUT2D eigenvalue weighted by atomic mass is 10.1. The quantitative estimate of drug-likeness (QED) is 0.606. The highest BCUT2D eigenvalue weighted by Gasteiger charge is 2.30. The summed E-state index contributed by atoms with van der Waals surface area (Å²) in [6.45, 7) is 5.21. The van der Waals surface area contributed by atoms with Gasteiger partial charge in [0.1, 0.15) is 0 Å². The van der Waals surface area contributed by atoms with Crippen LogP contribution in [-0.2, 0) is 14.8 Å². The van der Waals surface area contributed by atoms with Crippen LogP contribution in [0, 0.1) is 5.92 Å². The maximum absolute atomic E-state index is 12.5. The number of anilines is 2. The highest BCUT2D eigenvalue weighted by atomic mass is 35.5. The van der Waals surface area contributed by atoms with Crippen molar-refractivity contribution in [2.75, 3.05) is 36.4 Å². The Hall–Kier alpha value is -2.62. The summed E-state index contributed by atoms with van der Waals surface area (Å²) >= 11 is 5.90. The van der Waals surface area contributed by atoms with Crippen molar-refractivity contribution in [3.8, 4) is 0 Å². The minimum Gasteiger partial charge on any atom is -0.338 e. The molecule has 32 heavy (non-hydrogen) atoms. The van der Waals surface area contributed by atoms with Crippen molar-refractivity contribution < 1.29 is 18.0 Å². The Kier molecular flexibility index (Phi) is 7.76. The second kappa shape index (κ2) is 10.3. The zero-order valence-electron chi connectivity index (χ0n) is 18.0. The Morgan fingerprint density at radius 1 is 1.09 bits per heavy atom. The number of urea groups is 1. The molecule has 2 aromatic carbocycles. The highest BCUT2D eigenvalue weighted by Crippen LogP contribution is 2.26. The number of hydrogen-bond acceptors (Lipinski definition) is 4. The van der Waals surface area contributed by atoms with Gasteiger partial charge in [0.05, 0.1) is 4.90 Å². The van der Waals surface area contributed by atoms with E-state index in [2.05, 4.69) is 10.6 Å². The monoisotopic (exact) mass is 478 g/mol. The van der Waals surface area contributed by atoms with E-state index in [-0.39, 0.29) is 16.7 Å². The Bertz CT molecular complexity index is 1050. The van der Waals surface area contributed by atoms with Gasteiger partial charge >= 0.3 is 6.03 Å². The number of carbonyl (C=O) groups is 2. The van der Waals surface area contributed by atoms with E-state index in [0.717, 1.165) is 5.69 Å². The summed E-state index contributed by atoms with van der Waals surface area (Å²) in [5, 5.41) is 6.08. The molecule has 1 unspecified atom stereocenters. The summed E-state index contributed by atoms with van der Waals surface area (Å²) in [7, 11) is -3.54. The lowest BCUT2D eigenvalue weighted by Crippen LogP contribution is -2.34. The van der Waals surface area contributed by atoms with Crippen molar-refractivity contribution in [1.82, 2.24) is 9.62 Å². The molecule has 0 saturated carbocycles. The van der Waals surface area contributed by atoms with Crippen molar-refractivity contribution >= 4 is 44.9 Å². The average Bonchev–Trinajstić information content (AvgIpc) is 3.14. The van der Waals surface area contributed by atoms with E-state index in [4.69, 9.17) is 11.6 Å². The minimum absolute atomic E-state index is 0.00420. The summed E-state index contributed by atoms with van der Waals surface area (Å²) in [5.74, 6) is -0.00458. The third-order valence-corrected chi connectivity index (χ3v) is 7.67. The largest absolute Gasteiger partial charge is 0.338 e. The molecule has 1 atom stereocenters. The van der Waals surface area contributed by atoms with Crippen LogP contribution in [0.1, 0.15) is 20.3 Å². The molecule has 1 aliphatic rings. The lowest BCUT2D eigenvalue weighted by Gasteiger charge is -2.18. The van der Waals surface area contributed by atoms with Gasteiger partial charge in [-0.2, -0.15) is 4.31 Å². The first-order valence-corrected chi connectivity index (χ1v) is 12.3. The van der Waals surface area contributed by atoms with Crippen LogP contribution in [0.5, 0.6) is 0 Å². The number of nitrogens with zero attached hydrogens (tertiary/aromatic N) is 2. The summed E-state index contributed by atoms with van der Waals surface area (Å²) in [4.78, 5) is 26.5. The van der Waals surface area contributed by atoms with Crippen molar-refractivity contribution in [2.24, 2.45) is 5.92 Å². The first-order valence-electron chi connectivity index (χ1n) is 10.5. The molecule has 8 nitrogen and oxygen atoms in total. The Morgan fingerprint density at radius 3 is 2.31 bits per heavy atom. The lowest BCUT2D eigenvalue weighted by molar-refractivity contribution is -0.117. The fourth-order valence-corrected chi connectivity index (χ4v) is 5.21. The number of nitrogens with one attached hydrogen (secondary N) is 2. The molecule has 0 aromatic heterocycles. The van der Waals surface area contributed by atoms with Crippen molar-refractivity contribution in [3.63, 3.8) is 0 Å². The Balaban J connectivity index is 1.52. The van der Waals surface area contributed by atoms with Gasteiger partial charge in [-0.05, 0) is 48.5 Å². The third kappa shape index (κ3) is 5.59. The molecular formula is C22H27ClN4O4S. The van der Waals surface area contributed by atoms with Crippen LogP contribution in [0.4, 0.5) is 16.2 Å². The molecule has 3 amide bonds. The van der Waals surface area contributed by atoms with Crippen LogP contribution in [0.25, 0.3) is 0 Å². The molecule has 1 fully saturated rings. The van der Waals surface area contributed by atoms with Gasteiger partial charge in [0, 0.05) is 54.9 Å². The Labute approximate surface area is 193 Å². The van der Waals surface area contributed by atoms with Crippen LogP contribution in [-0.4, -0.2) is 50.8 Å². The van der Waals surface area contributed by atoms with Gasteiger partial charge in [-0.3, -0.25) is 4.79 Å². The molecule has 1 saturated heterocycles. The molecule has 2 aromatic rings. The van der Waals surface area contributed by atoms with Gasteiger partial charge in [-0.1, -0.05) is 25.4 Å². The topological polar surface area (TPSA) is 98.8 Å². The molecule has 1 aliphatic heterocycles. The molecule has 10 heteroatoms. The molecule has 0 bridgehead atoms. The van der Waals surface area contributed by atoms with E-state index in [9.17, 15) is 18.0 Å². The van der Waals surface area contributed by atoms with E-state index in [1.165, 1.54) is 16.4 Å². The second-order valence-corrected chi connectivity index (χ2v) is 9.87. The van der Waals surface area contributed by atoms with E-state index < -0.39 is 16.1 Å². The molecule has 0 aliphatic carbocycles. The predicted molar refractivity (Wildman–Crippen MR) is 125 cm³/mol. The normalized spacial score (nSPS) is 16.4. The first-order chi connectivity index (χ1) is 15.2. The maximum atomic E-state index is 12.5. The van der Waals surface area contributed by atoms with Crippen LogP contribution < -0.4 is 15.5 Å².